The summed E-state index contributed by atoms with van der Waals surface area (Å²) in [5.74, 6) is 0.567. The summed E-state index contributed by atoms with van der Waals surface area (Å²) >= 11 is 8.87. The topological polar surface area (TPSA) is 88.9 Å². The molecule has 0 fully saturated rings. The van der Waals surface area contributed by atoms with E-state index < -0.39 is 0 Å². The van der Waals surface area contributed by atoms with Crippen LogP contribution >= 0.6 is 34.7 Å². The molecule has 2 amide bonds. The first-order valence-corrected chi connectivity index (χ1v) is 12.2. The van der Waals surface area contributed by atoms with Crippen molar-refractivity contribution in [2.75, 3.05) is 16.4 Å². The molecule has 0 radical (unpaired) electrons. The number of thiophene rings is 1. The van der Waals surface area contributed by atoms with Crippen molar-refractivity contribution in [1.29, 1.82) is 0 Å². The van der Waals surface area contributed by atoms with Gasteiger partial charge in [0.15, 0.2) is 11.0 Å². The standard InChI is InChI=1S/C23H20ClN5O2S2/c1-14-11-17(25-22(31)15-5-3-6-16(24)12-15)8-9-18(14)26-20(30)13-33-23-28-27-21(29(23)2)19-7-4-10-32-19/h3-12H,13H2,1-2H3,(H,25,31)(H,26,30). The van der Waals surface area contributed by atoms with Crippen molar-refractivity contribution < 1.29 is 9.59 Å². The number of aromatic nitrogens is 3. The summed E-state index contributed by atoms with van der Waals surface area (Å²) in [6.07, 6.45) is 0. The summed E-state index contributed by atoms with van der Waals surface area (Å²) < 4.78 is 1.88. The molecule has 4 aromatic rings. The van der Waals surface area contributed by atoms with Crippen LogP contribution in [-0.2, 0) is 11.8 Å². The van der Waals surface area contributed by atoms with Crippen molar-refractivity contribution in [3.05, 3.63) is 76.1 Å². The summed E-state index contributed by atoms with van der Waals surface area (Å²) in [4.78, 5) is 25.9. The van der Waals surface area contributed by atoms with E-state index in [0.717, 1.165) is 16.3 Å². The maximum atomic E-state index is 12.5. The highest BCUT2D eigenvalue weighted by Gasteiger charge is 2.14. The van der Waals surface area contributed by atoms with Gasteiger partial charge in [0.25, 0.3) is 5.91 Å². The molecule has 0 bridgehead atoms. The van der Waals surface area contributed by atoms with Crippen LogP contribution in [-0.4, -0.2) is 32.3 Å². The van der Waals surface area contributed by atoms with E-state index in [4.69, 9.17) is 11.6 Å². The Bertz CT molecular complexity index is 1300. The Kier molecular flexibility index (Phi) is 7.12. The summed E-state index contributed by atoms with van der Waals surface area (Å²) in [5.41, 5.74) is 2.61. The van der Waals surface area contributed by atoms with E-state index in [-0.39, 0.29) is 17.6 Å². The Morgan fingerprint density at radius 3 is 2.67 bits per heavy atom. The van der Waals surface area contributed by atoms with Gasteiger partial charge in [-0.05, 0) is 60.3 Å². The van der Waals surface area contributed by atoms with E-state index in [0.29, 0.717) is 27.1 Å². The molecule has 168 valence electrons. The van der Waals surface area contributed by atoms with Crippen LogP contribution in [0.25, 0.3) is 10.7 Å². The quantitative estimate of drug-likeness (QED) is 0.330. The summed E-state index contributed by atoms with van der Waals surface area (Å²) in [7, 11) is 1.88. The first kappa shape index (κ1) is 23.0. The van der Waals surface area contributed by atoms with Gasteiger partial charge in [-0.2, -0.15) is 0 Å². The lowest BCUT2D eigenvalue weighted by Gasteiger charge is -2.11. The molecule has 2 aromatic carbocycles. The van der Waals surface area contributed by atoms with Gasteiger partial charge >= 0.3 is 0 Å². The fraction of sp³-hybridized carbons (Fsp3) is 0.130. The number of anilines is 2. The Morgan fingerprint density at radius 1 is 1.09 bits per heavy atom. The number of nitrogens with one attached hydrogen (secondary N) is 2. The van der Waals surface area contributed by atoms with E-state index >= 15 is 0 Å². The lowest BCUT2D eigenvalue weighted by atomic mass is 10.1. The predicted molar refractivity (Wildman–Crippen MR) is 134 cm³/mol. The molecular formula is C23H20ClN5O2S2. The van der Waals surface area contributed by atoms with Crippen LogP contribution in [0.15, 0.2) is 65.1 Å². The van der Waals surface area contributed by atoms with Crippen LogP contribution in [0, 0.1) is 6.92 Å². The number of amides is 2. The van der Waals surface area contributed by atoms with Gasteiger partial charge in [-0.1, -0.05) is 35.5 Å². The molecule has 10 heteroatoms. The van der Waals surface area contributed by atoms with Crippen LogP contribution in [0.1, 0.15) is 15.9 Å². The Morgan fingerprint density at radius 2 is 1.94 bits per heavy atom. The van der Waals surface area contributed by atoms with E-state index in [1.807, 2.05) is 36.1 Å². The number of rotatable bonds is 7. The second kappa shape index (κ2) is 10.2. The second-order valence-corrected chi connectivity index (χ2v) is 9.50. The monoisotopic (exact) mass is 497 g/mol. The minimum absolute atomic E-state index is 0.153. The molecule has 0 unspecified atom stereocenters. The Labute approximate surface area is 204 Å². The Balaban J connectivity index is 1.34. The van der Waals surface area contributed by atoms with Gasteiger partial charge in [-0.25, -0.2) is 0 Å². The van der Waals surface area contributed by atoms with Gasteiger partial charge in [0.2, 0.25) is 5.91 Å². The van der Waals surface area contributed by atoms with Crippen LogP contribution in [0.2, 0.25) is 5.02 Å². The number of carbonyl (C=O) groups excluding carboxylic acids is 2. The highest BCUT2D eigenvalue weighted by atomic mass is 35.5. The number of benzene rings is 2. The predicted octanol–water partition coefficient (Wildman–Crippen LogP) is 5.49. The molecule has 2 N–H and O–H groups in total. The highest BCUT2D eigenvalue weighted by molar-refractivity contribution is 7.99. The molecule has 0 saturated heterocycles. The van der Waals surface area contributed by atoms with Crippen LogP contribution in [0.3, 0.4) is 0 Å². The average Bonchev–Trinajstić information content (AvgIpc) is 3.44. The van der Waals surface area contributed by atoms with Gasteiger partial charge in [-0.3, -0.25) is 9.59 Å². The minimum atomic E-state index is -0.254. The van der Waals surface area contributed by atoms with Crippen molar-refractivity contribution in [3.63, 3.8) is 0 Å². The van der Waals surface area contributed by atoms with Gasteiger partial charge < -0.3 is 15.2 Å². The summed E-state index contributed by atoms with van der Waals surface area (Å²) in [6, 6.07) is 16.0. The summed E-state index contributed by atoms with van der Waals surface area (Å²) in [5, 5.41) is 17.3. The first-order chi connectivity index (χ1) is 15.9. The van der Waals surface area contributed by atoms with Gasteiger partial charge in [0.05, 0.1) is 10.6 Å². The third-order valence-electron chi connectivity index (χ3n) is 4.75. The molecule has 33 heavy (non-hydrogen) atoms. The number of thioether (sulfide) groups is 1. The number of halogens is 1. The molecule has 2 heterocycles. The van der Waals surface area contributed by atoms with Crippen LogP contribution in [0.4, 0.5) is 11.4 Å². The normalized spacial score (nSPS) is 10.8. The lowest BCUT2D eigenvalue weighted by Crippen LogP contribution is -2.16. The van der Waals surface area contributed by atoms with Crippen molar-refractivity contribution in [3.8, 4) is 10.7 Å². The van der Waals surface area contributed by atoms with Crippen LogP contribution < -0.4 is 10.6 Å². The number of aryl methyl sites for hydroxylation is 1. The smallest absolute Gasteiger partial charge is 0.255 e. The fourth-order valence-corrected chi connectivity index (χ4v) is 4.74. The van der Waals surface area contributed by atoms with Crippen molar-refractivity contribution in [1.82, 2.24) is 14.8 Å². The zero-order chi connectivity index (χ0) is 23.4. The van der Waals surface area contributed by atoms with Gasteiger partial charge in [-0.15, -0.1) is 21.5 Å². The maximum absolute atomic E-state index is 12.5. The second-order valence-electron chi connectivity index (χ2n) is 7.17. The SMILES string of the molecule is Cc1cc(NC(=O)c2cccc(Cl)c2)ccc1NC(=O)CSc1nnc(-c2cccs2)n1C. The summed E-state index contributed by atoms with van der Waals surface area (Å²) in [6.45, 7) is 1.87. The molecule has 0 saturated carbocycles. The molecule has 4 rings (SSSR count). The van der Waals surface area contributed by atoms with Crippen molar-refractivity contribution in [2.24, 2.45) is 7.05 Å². The van der Waals surface area contributed by atoms with E-state index in [1.165, 1.54) is 11.8 Å². The first-order valence-electron chi connectivity index (χ1n) is 9.94. The van der Waals surface area contributed by atoms with Crippen molar-refractivity contribution in [2.45, 2.75) is 12.1 Å². The largest absolute Gasteiger partial charge is 0.325 e. The zero-order valence-electron chi connectivity index (χ0n) is 17.8. The molecule has 0 atom stereocenters. The molecule has 0 aliphatic heterocycles. The highest BCUT2D eigenvalue weighted by Crippen LogP contribution is 2.26. The van der Waals surface area contributed by atoms with E-state index in [2.05, 4.69) is 20.8 Å². The van der Waals surface area contributed by atoms with Gasteiger partial charge in [0, 0.05) is 29.0 Å². The van der Waals surface area contributed by atoms with E-state index in [1.54, 1.807) is 53.8 Å². The molecule has 7 nitrogen and oxygen atoms in total. The third kappa shape index (κ3) is 5.62. The minimum Gasteiger partial charge on any atom is -0.325 e. The number of hydrogen-bond acceptors (Lipinski definition) is 6. The lowest BCUT2D eigenvalue weighted by molar-refractivity contribution is -0.113. The van der Waals surface area contributed by atoms with Crippen molar-refractivity contribution >= 4 is 57.9 Å². The third-order valence-corrected chi connectivity index (χ3v) is 6.88. The number of hydrogen-bond donors (Lipinski definition) is 2. The maximum Gasteiger partial charge on any atom is 0.255 e. The van der Waals surface area contributed by atoms with Crippen LogP contribution in [0.5, 0.6) is 0 Å². The molecular weight excluding hydrogens is 478 g/mol. The van der Waals surface area contributed by atoms with Gasteiger partial charge in [0.1, 0.15) is 0 Å². The zero-order valence-corrected chi connectivity index (χ0v) is 20.2. The number of carbonyl (C=O) groups is 2. The fourth-order valence-electron chi connectivity index (χ4n) is 3.09. The average molecular weight is 498 g/mol. The van der Waals surface area contributed by atoms with E-state index in [9.17, 15) is 9.59 Å². The molecule has 2 aromatic heterocycles. The molecule has 0 spiro atoms. The number of nitrogens with zero attached hydrogens (tertiary/aromatic N) is 3. The molecule has 0 aliphatic rings. The molecule has 0 aliphatic carbocycles. The Hall–Kier alpha value is -3.14.